The van der Waals surface area contributed by atoms with Crippen molar-refractivity contribution < 1.29 is 14.4 Å². The average Bonchev–Trinajstić information content (AvgIpc) is 3.40. The lowest BCUT2D eigenvalue weighted by Crippen LogP contribution is -2.51. The number of fused-ring (bicyclic) bond motifs is 6. The molecule has 5 nitrogen and oxygen atoms in total. The molecule has 0 saturated carbocycles. The Morgan fingerprint density at radius 3 is 2.38 bits per heavy atom. The molecule has 3 aliphatic heterocycles. The maximum atomic E-state index is 14.9. The Morgan fingerprint density at radius 1 is 1.02 bits per heavy atom. The van der Waals surface area contributed by atoms with Crippen molar-refractivity contribution >= 4 is 46.0 Å². The van der Waals surface area contributed by atoms with Gasteiger partial charge in [0.2, 0.25) is 5.91 Å². The number of halogens is 1. The molecule has 42 heavy (non-hydrogen) atoms. The van der Waals surface area contributed by atoms with Gasteiger partial charge in [-0.3, -0.25) is 14.4 Å². The Morgan fingerprint density at radius 2 is 1.71 bits per heavy atom. The van der Waals surface area contributed by atoms with Crippen LogP contribution in [-0.4, -0.2) is 29.6 Å². The fourth-order valence-electron chi connectivity index (χ4n) is 7.30. The summed E-state index contributed by atoms with van der Waals surface area (Å²) in [6.07, 6.45) is 2.96. The van der Waals surface area contributed by atoms with Crippen LogP contribution < -0.4 is 10.2 Å². The van der Waals surface area contributed by atoms with Crippen LogP contribution in [0.5, 0.6) is 0 Å². The number of Topliss-reactive ketones (excluding diaryl/α,β-unsaturated/α-hetero) is 2. The molecule has 3 aromatic rings. The van der Waals surface area contributed by atoms with E-state index >= 15 is 0 Å². The largest absolute Gasteiger partial charge is 0.352 e. The smallest absolute Gasteiger partial charge is 0.238 e. The van der Waals surface area contributed by atoms with Crippen molar-refractivity contribution in [1.82, 2.24) is 0 Å². The third-order valence-electron chi connectivity index (χ3n) is 9.11. The SMILES string of the molecule is CC1=C[C@@H]2N(c3ccc(Cl)cc31)[C@@H](C(=O)C(C)(C)C)[C@@H](C(=O)c1ccc(CC(C)C)cc1)[C@@]21C(=O)Nc2ccccc21. The summed E-state index contributed by atoms with van der Waals surface area (Å²) < 4.78 is 0. The number of nitrogens with one attached hydrogen (secondary N) is 1. The molecule has 0 bridgehead atoms. The Hall–Kier alpha value is -3.70. The van der Waals surface area contributed by atoms with E-state index in [2.05, 4.69) is 25.2 Å². The number of allylic oxidation sites excluding steroid dienone is 1. The molecule has 0 unspecified atom stereocenters. The quantitative estimate of drug-likeness (QED) is 0.317. The highest BCUT2D eigenvalue weighted by atomic mass is 35.5. The molecular formula is C36H37ClN2O3. The number of hydrogen-bond donors (Lipinski definition) is 1. The Bertz CT molecular complexity index is 1650. The first-order valence-corrected chi connectivity index (χ1v) is 15.1. The summed E-state index contributed by atoms with van der Waals surface area (Å²) in [5.41, 5.74) is 3.69. The standard InChI is InChI=1S/C36H37ClN2O3/c1-20(2)17-22-11-13-23(14-12-22)32(40)30-31(33(41)35(4,5)6)39-28-16-15-24(37)19-25(28)21(3)18-29(39)36(30)26-9-7-8-10-27(26)38-34(36)42/h7-16,18-20,29-31H,17H2,1-6H3,(H,38,42)/t29-,30-,31+,36-/m0/s1. The van der Waals surface area contributed by atoms with Gasteiger partial charge in [-0.25, -0.2) is 0 Å². The Labute approximate surface area is 253 Å². The summed E-state index contributed by atoms with van der Waals surface area (Å²) in [6, 6.07) is 19.5. The van der Waals surface area contributed by atoms with Crippen molar-refractivity contribution in [2.24, 2.45) is 17.3 Å². The van der Waals surface area contributed by atoms with E-state index in [1.54, 1.807) is 0 Å². The zero-order chi connectivity index (χ0) is 30.1. The van der Waals surface area contributed by atoms with E-state index in [0.717, 1.165) is 34.4 Å². The first kappa shape index (κ1) is 28.4. The van der Waals surface area contributed by atoms with Crippen LogP contribution >= 0.6 is 11.6 Å². The average molecular weight is 581 g/mol. The molecule has 1 amide bonds. The van der Waals surface area contributed by atoms with E-state index < -0.39 is 28.8 Å². The van der Waals surface area contributed by atoms with Gasteiger partial charge in [0.25, 0.3) is 0 Å². The predicted molar refractivity (Wildman–Crippen MR) is 169 cm³/mol. The van der Waals surface area contributed by atoms with Gasteiger partial charge in [-0.1, -0.05) is 94.8 Å². The second-order valence-corrected chi connectivity index (χ2v) is 13.9. The van der Waals surface area contributed by atoms with Crippen LogP contribution in [0, 0.1) is 17.3 Å². The summed E-state index contributed by atoms with van der Waals surface area (Å²) >= 11 is 6.44. The fraction of sp³-hybridized carbons (Fsp3) is 0.361. The molecule has 3 aliphatic rings. The molecule has 0 aliphatic carbocycles. The number of ketones is 2. The van der Waals surface area contributed by atoms with Crippen molar-refractivity contribution in [3.05, 3.63) is 100 Å². The highest BCUT2D eigenvalue weighted by molar-refractivity contribution is 6.31. The number of anilines is 2. The van der Waals surface area contributed by atoms with Crippen LogP contribution in [0.3, 0.4) is 0 Å². The molecule has 1 fully saturated rings. The number of rotatable bonds is 5. The van der Waals surface area contributed by atoms with Gasteiger partial charge in [-0.15, -0.1) is 0 Å². The topological polar surface area (TPSA) is 66.5 Å². The van der Waals surface area contributed by atoms with Gasteiger partial charge < -0.3 is 10.2 Å². The molecule has 1 saturated heterocycles. The first-order chi connectivity index (χ1) is 19.9. The highest BCUT2D eigenvalue weighted by Crippen LogP contribution is 2.59. The summed E-state index contributed by atoms with van der Waals surface area (Å²) in [5.74, 6) is -1.00. The van der Waals surface area contributed by atoms with Crippen LogP contribution in [0.15, 0.2) is 72.8 Å². The third kappa shape index (κ3) is 4.16. The molecular weight excluding hydrogens is 544 g/mol. The maximum absolute atomic E-state index is 14.9. The molecule has 6 heteroatoms. The van der Waals surface area contributed by atoms with Crippen LogP contribution in [0.2, 0.25) is 5.02 Å². The van der Waals surface area contributed by atoms with E-state index in [1.165, 1.54) is 0 Å². The fourth-order valence-corrected chi connectivity index (χ4v) is 7.48. The minimum Gasteiger partial charge on any atom is -0.352 e. The zero-order valence-electron chi connectivity index (χ0n) is 25.0. The van der Waals surface area contributed by atoms with Crippen LogP contribution in [-0.2, 0) is 21.4 Å². The zero-order valence-corrected chi connectivity index (χ0v) is 25.8. The van der Waals surface area contributed by atoms with Crippen LogP contribution in [0.4, 0.5) is 11.4 Å². The van der Waals surface area contributed by atoms with Gasteiger partial charge in [0.05, 0.1) is 12.0 Å². The number of para-hydroxylation sites is 1. The number of hydrogen-bond acceptors (Lipinski definition) is 4. The minimum atomic E-state index is -1.31. The number of benzene rings is 3. The van der Waals surface area contributed by atoms with Gasteiger partial charge in [0, 0.05) is 32.9 Å². The molecule has 216 valence electrons. The van der Waals surface area contributed by atoms with E-state index in [-0.39, 0.29) is 17.5 Å². The van der Waals surface area contributed by atoms with Gasteiger partial charge in [-0.2, -0.15) is 0 Å². The van der Waals surface area contributed by atoms with E-state index in [0.29, 0.717) is 22.2 Å². The molecule has 1 spiro atoms. The lowest BCUT2D eigenvalue weighted by Gasteiger charge is -2.40. The van der Waals surface area contributed by atoms with Crippen molar-refractivity contribution in [3.63, 3.8) is 0 Å². The van der Waals surface area contributed by atoms with E-state index in [4.69, 9.17) is 11.6 Å². The van der Waals surface area contributed by atoms with E-state index in [9.17, 15) is 14.4 Å². The van der Waals surface area contributed by atoms with Gasteiger partial charge >= 0.3 is 0 Å². The summed E-state index contributed by atoms with van der Waals surface area (Å²) in [7, 11) is 0. The minimum absolute atomic E-state index is 0.0785. The monoisotopic (exact) mass is 580 g/mol. The van der Waals surface area contributed by atoms with Crippen molar-refractivity contribution in [2.75, 3.05) is 10.2 Å². The van der Waals surface area contributed by atoms with Gasteiger partial charge in [0.15, 0.2) is 11.6 Å². The molecule has 3 heterocycles. The molecule has 3 aromatic carbocycles. The van der Waals surface area contributed by atoms with Gasteiger partial charge in [-0.05, 0) is 60.2 Å². The highest BCUT2D eigenvalue weighted by Gasteiger charge is 2.71. The van der Waals surface area contributed by atoms with Crippen molar-refractivity contribution in [1.29, 1.82) is 0 Å². The maximum Gasteiger partial charge on any atom is 0.238 e. The van der Waals surface area contributed by atoms with Crippen molar-refractivity contribution in [2.45, 2.75) is 65.5 Å². The number of nitrogens with zero attached hydrogens (tertiary/aromatic N) is 1. The second kappa shape index (κ2) is 9.95. The third-order valence-corrected chi connectivity index (χ3v) is 9.35. The lowest BCUT2D eigenvalue weighted by molar-refractivity contribution is -0.128. The van der Waals surface area contributed by atoms with Crippen LogP contribution in [0.1, 0.15) is 68.6 Å². The summed E-state index contributed by atoms with van der Waals surface area (Å²) in [5, 5.41) is 3.69. The van der Waals surface area contributed by atoms with E-state index in [1.807, 2.05) is 99.3 Å². The molecule has 0 radical (unpaired) electrons. The summed E-state index contributed by atoms with van der Waals surface area (Å²) in [4.78, 5) is 46.0. The first-order valence-electron chi connectivity index (χ1n) is 14.7. The van der Waals surface area contributed by atoms with Gasteiger partial charge in [0.1, 0.15) is 11.5 Å². The lowest BCUT2D eigenvalue weighted by atomic mass is 9.63. The molecule has 0 aromatic heterocycles. The summed E-state index contributed by atoms with van der Waals surface area (Å²) in [6.45, 7) is 12.0. The molecule has 1 N–H and O–H groups in total. The Balaban J connectivity index is 1.64. The molecule has 4 atom stereocenters. The number of amides is 1. The molecule has 6 rings (SSSR count). The number of carbonyl (C=O) groups excluding carboxylic acids is 3. The van der Waals surface area contributed by atoms with Crippen molar-refractivity contribution in [3.8, 4) is 0 Å². The second-order valence-electron chi connectivity index (χ2n) is 13.4. The predicted octanol–water partition coefficient (Wildman–Crippen LogP) is 7.52. The van der Waals surface area contributed by atoms with Crippen LogP contribution in [0.25, 0.3) is 5.57 Å². The Kier molecular flexibility index (Phi) is 6.73. The number of carbonyl (C=O) groups is 3. The normalized spacial score (nSPS) is 24.3.